The highest BCUT2D eigenvalue weighted by molar-refractivity contribution is 7.80. The lowest BCUT2D eigenvalue weighted by Gasteiger charge is -2.08. The number of nitrogens with zero attached hydrogens (tertiary/aromatic N) is 4. The highest BCUT2D eigenvalue weighted by Gasteiger charge is 2.07. The number of thiocarbonyl (C=S) groups is 1. The van der Waals surface area contributed by atoms with Crippen LogP contribution >= 0.6 is 12.2 Å². The zero-order chi connectivity index (χ0) is 11.5. The molecule has 0 aliphatic heterocycles. The van der Waals surface area contributed by atoms with E-state index in [4.69, 9.17) is 18.0 Å². The highest BCUT2D eigenvalue weighted by atomic mass is 32.1. The molecule has 2 aromatic heterocycles. The van der Waals surface area contributed by atoms with Crippen molar-refractivity contribution in [3.63, 3.8) is 0 Å². The summed E-state index contributed by atoms with van der Waals surface area (Å²) in [5, 5.41) is 4.12. The zero-order valence-electron chi connectivity index (χ0n) is 9.00. The highest BCUT2D eigenvalue weighted by Crippen LogP contribution is 2.05. The summed E-state index contributed by atoms with van der Waals surface area (Å²) in [6, 6.07) is 3.82. The molecule has 5 nitrogen and oxygen atoms in total. The number of nitrogens with two attached hydrogens (primary N) is 1. The topological polar surface area (TPSA) is 61.7 Å². The Labute approximate surface area is 98.9 Å². The molecule has 0 aromatic carbocycles. The Kier molecular flexibility index (Phi) is 3.00. The molecule has 0 saturated carbocycles. The SMILES string of the molecule is CCn1ncnc1Cn1cccc1C(N)=S. The molecular formula is C10H13N5S. The van der Waals surface area contributed by atoms with Gasteiger partial charge in [0.2, 0.25) is 0 Å². The molecule has 0 radical (unpaired) electrons. The Bertz CT molecular complexity index is 499. The van der Waals surface area contributed by atoms with Crippen molar-refractivity contribution in [3.8, 4) is 0 Å². The summed E-state index contributed by atoms with van der Waals surface area (Å²) in [4.78, 5) is 4.61. The molecule has 2 rings (SSSR count). The van der Waals surface area contributed by atoms with E-state index >= 15 is 0 Å². The van der Waals surface area contributed by atoms with Crippen molar-refractivity contribution < 1.29 is 0 Å². The van der Waals surface area contributed by atoms with Crippen molar-refractivity contribution in [2.75, 3.05) is 0 Å². The van der Waals surface area contributed by atoms with Crippen molar-refractivity contribution in [1.29, 1.82) is 0 Å². The van der Waals surface area contributed by atoms with Crippen LogP contribution < -0.4 is 5.73 Å². The second-order valence-corrected chi connectivity index (χ2v) is 3.82. The van der Waals surface area contributed by atoms with Gasteiger partial charge < -0.3 is 10.3 Å². The van der Waals surface area contributed by atoms with E-state index in [-0.39, 0.29) is 0 Å². The number of hydrogen-bond acceptors (Lipinski definition) is 3. The second-order valence-electron chi connectivity index (χ2n) is 3.38. The minimum atomic E-state index is 0.396. The molecular weight excluding hydrogens is 222 g/mol. The summed E-state index contributed by atoms with van der Waals surface area (Å²) in [6.07, 6.45) is 3.49. The Balaban J connectivity index is 2.27. The third-order valence-electron chi connectivity index (χ3n) is 2.39. The maximum atomic E-state index is 5.63. The van der Waals surface area contributed by atoms with Crippen LogP contribution in [0.1, 0.15) is 18.4 Å². The average Bonchev–Trinajstić information content (AvgIpc) is 2.86. The molecule has 0 unspecified atom stereocenters. The molecule has 0 fully saturated rings. The normalized spacial score (nSPS) is 10.6. The fourth-order valence-electron chi connectivity index (χ4n) is 1.60. The summed E-state index contributed by atoms with van der Waals surface area (Å²) < 4.78 is 3.82. The van der Waals surface area contributed by atoms with Gasteiger partial charge in [0, 0.05) is 12.7 Å². The summed E-state index contributed by atoms with van der Waals surface area (Å²) in [7, 11) is 0. The van der Waals surface area contributed by atoms with E-state index in [2.05, 4.69) is 10.1 Å². The van der Waals surface area contributed by atoms with E-state index in [0.29, 0.717) is 11.5 Å². The van der Waals surface area contributed by atoms with E-state index < -0.39 is 0 Å². The fourth-order valence-corrected chi connectivity index (χ4v) is 1.79. The minimum absolute atomic E-state index is 0.396. The van der Waals surface area contributed by atoms with Crippen molar-refractivity contribution >= 4 is 17.2 Å². The summed E-state index contributed by atoms with van der Waals surface area (Å²) >= 11 is 4.97. The third-order valence-corrected chi connectivity index (χ3v) is 2.60. The summed E-state index contributed by atoms with van der Waals surface area (Å²) in [6.45, 7) is 3.47. The Morgan fingerprint density at radius 3 is 3.06 bits per heavy atom. The van der Waals surface area contributed by atoms with Gasteiger partial charge in [-0.3, -0.25) is 0 Å². The van der Waals surface area contributed by atoms with E-state index in [1.807, 2.05) is 34.5 Å². The maximum Gasteiger partial charge on any atom is 0.146 e. The van der Waals surface area contributed by atoms with Crippen molar-refractivity contribution in [2.45, 2.75) is 20.0 Å². The number of aryl methyl sites for hydroxylation is 1. The van der Waals surface area contributed by atoms with Gasteiger partial charge in [0.1, 0.15) is 17.1 Å². The molecule has 0 aliphatic carbocycles. The van der Waals surface area contributed by atoms with E-state index in [0.717, 1.165) is 18.1 Å². The molecule has 0 saturated heterocycles. The van der Waals surface area contributed by atoms with Crippen LogP contribution in [0.15, 0.2) is 24.7 Å². The van der Waals surface area contributed by atoms with E-state index in [1.165, 1.54) is 0 Å². The standard InChI is InChI=1S/C10H13N5S/c1-2-15-9(12-7-13-15)6-14-5-3-4-8(14)10(11)16/h3-5,7H,2,6H2,1H3,(H2,11,16). The average molecular weight is 235 g/mol. The van der Waals surface area contributed by atoms with Crippen LogP contribution in [0.4, 0.5) is 0 Å². The molecule has 0 bridgehead atoms. The van der Waals surface area contributed by atoms with Crippen molar-refractivity contribution in [3.05, 3.63) is 36.2 Å². The van der Waals surface area contributed by atoms with Gasteiger partial charge in [-0.15, -0.1) is 0 Å². The van der Waals surface area contributed by atoms with Gasteiger partial charge in [0.05, 0.1) is 12.2 Å². The maximum absolute atomic E-state index is 5.63. The predicted molar refractivity (Wildman–Crippen MR) is 65.1 cm³/mol. The van der Waals surface area contributed by atoms with Crippen LogP contribution in [0.2, 0.25) is 0 Å². The van der Waals surface area contributed by atoms with Crippen LogP contribution in [0.3, 0.4) is 0 Å². The molecule has 2 aromatic rings. The van der Waals surface area contributed by atoms with Gasteiger partial charge in [-0.25, -0.2) is 9.67 Å². The number of rotatable bonds is 4. The number of aromatic nitrogens is 4. The molecule has 0 aliphatic rings. The first kappa shape index (κ1) is 10.8. The Hall–Kier alpha value is -1.69. The van der Waals surface area contributed by atoms with E-state index in [1.54, 1.807) is 6.33 Å². The molecule has 2 heterocycles. The molecule has 0 spiro atoms. The molecule has 0 atom stereocenters. The van der Waals surface area contributed by atoms with Gasteiger partial charge in [-0.05, 0) is 19.1 Å². The quantitative estimate of drug-likeness (QED) is 0.796. The lowest BCUT2D eigenvalue weighted by Crippen LogP contribution is -2.17. The Morgan fingerprint density at radius 1 is 1.56 bits per heavy atom. The monoisotopic (exact) mass is 235 g/mol. The first-order chi connectivity index (χ1) is 7.72. The largest absolute Gasteiger partial charge is 0.388 e. The van der Waals surface area contributed by atoms with Crippen LogP contribution in [0.25, 0.3) is 0 Å². The molecule has 84 valence electrons. The lowest BCUT2D eigenvalue weighted by molar-refractivity contribution is 0.592. The number of hydrogen-bond donors (Lipinski definition) is 1. The first-order valence-corrected chi connectivity index (χ1v) is 5.44. The van der Waals surface area contributed by atoms with Crippen LogP contribution in [0, 0.1) is 0 Å². The van der Waals surface area contributed by atoms with Gasteiger partial charge in [-0.1, -0.05) is 12.2 Å². The van der Waals surface area contributed by atoms with Gasteiger partial charge >= 0.3 is 0 Å². The smallest absolute Gasteiger partial charge is 0.146 e. The lowest BCUT2D eigenvalue weighted by atomic mass is 10.4. The fraction of sp³-hybridized carbons (Fsp3) is 0.300. The summed E-state index contributed by atoms with van der Waals surface area (Å²) in [5.41, 5.74) is 6.47. The van der Waals surface area contributed by atoms with Crippen molar-refractivity contribution in [2.24, 2.45) is 5.73 Å². The summed E-state index contributed by atoms with van der Waals surface area (Å²) in [5.74, 6) is 0.899. The molecule has 6 heteroatoms. The van der Waals surface area contributed by atoms with Crippen LogP contribution in [-0.2, 0) is 13.1 Å². The third kappa shape index (κ3) is 1.96. The van der Waals surface area contributed by atoms with Gasteiger partial charge in [-0.2, -0.15) is 5.10 Å². The van der Waals surface area contributed by atoms with Gasteiger partial charge in [0.25, 0.3) is 0 Å². The van der Waals surface area contributed by atoms with E-state index in [9.17, 15) is 0 Å². The zero-order valence-corrected chi connectivity index (χ0v) is 9.81. The second kappa shape index (κ2) is 4.44. The minimum Gasteiger partial charge on any atom is -0.388 e. The molecule has 16 heavy (non-hydrogen) atoms. The molecule has 2 N–H and O–H groups in total. The predicted octanol–water partition coefficient (Wildman–Crippen LogP) is 0.782. The van der Waals surface area contributed by atoms with Crippen LogP contribution in [0.5, 0.6) is 0 Å². The first-order valence-electron chi connectivity index (χ1n) is 5.04. The molecule has 0 amide bonds. The Morgan fingerprint density at radius 2 is 2.38 bits per heavy atom. The van der Waals surface area contributed by atoms with Gasteiger partial charge in [0.15, 0.2) is 0 Å². The van der Waals surface area contributed by atoms with Crippen LogP contribution in [-0.4, -0.2) is 24.3 Å². The van der Waals surface area contributed by atoms with Crippen molar-refractivity contribution in [1.82, 2.24) is 19.3 Å².